The summed E-state index contributed by atoms with van der Waals surface area (Å²) in [5.74, 6) is -1.28. The van der Waals surface area contributed by atoms with E-state index in [1.54, 1.807) is 6.07 Å². The van der Waals surface area contributed by atoms with E-state index in [4.69, 9.17) is 16.0 Å². The lowest BCUT2D eigenvalue weighted by atomic mass is 9.82. The number of benzene rings is 1. The summed E-state index contributed by atoms with van der Waals surface area (Å²) in [6.45, 7) is 18.1. The van der Waals surface area contributed by atoms with Crippen LogP contribution < -0.4 is 10.1 Å². The van der Waals surface area contributed by atoms with Crippen molar-refractivity contribution in [2.75, 3.05) is 13.7 Å². The summed E-state index contributed by atoms with van der Waals surface area (Å²) in [6, 6.07) is 4.17. The standard InChI is InChI=1S/C24H31FN2O3/c1-8-9-18-21(23(28)30-13-12-24(3,4)5)20(22(26-6)15(2)27-18)17-11-10-16(25)14-19(17)29-7/h10-11,14,20,27H,8-9,12-13H2,1-5,7H3. The molecule has 0 radical (unpaired) electrons. The minimum Gasteiger partial charge on any atom is -0.496 e. The molecule has 1 atom stereocenters. The first-order chi connectivity index (χ1) is 14.1. The average Bonchev–Trinajstić information content (AvgIpc) is 2.66. The molecule has 0 bridgehead atoms. The fourth-order valence-electron chi connectivity index (χ4n) is 3.48. The van der Waals surface area contributed by atoms with Gasteiger partial charge in [0.05, 0.1) is 31.8 Å². The number of carbonyl (C=O) groups excluding carboxylic acids is 1. The molecule has 30 heavy (non-hydrogen) atoms. The van der Waals surface area contributed by atoms with Gasteiger partial charge in [-0.3, -0.25) is 0 Å². The Morgan fingerprint density at radius 3 is 2.60 bits per heavy atom. The maximum atomic E-state index is 13.8. The highest BCUT2D eigenvalue weighted by molar-refractivity contribution is 5.93. The number of nitrogens with one attached hydrogen (secondary N) is 1. The fraction of sp³-hybridized carbons (Fsp3) is 0.500. The molecule has 5 nitrogen and oxygen atoms in total. The van der Waals surface area contributed by atoms with E-state index in [1.807, 2.05) is 13.8 Å². The average molecular weight is 415 g/mol. The monoisotopic (exact) mass is 414 g/mol. The summed E-state index contributed by atoms with van der Waals surface area (Å²) < 4.78 is 24.9. The lowest BCUT2D eigenvalue weighted by Crippen LogP contribution is -2.30. The number of dihydropyridines is 1. The van der Waals surface area contributed by atoms with Crippen LogP contribution in [0.15, 0.2) is 40.9 Å². The number of allylic oxidation sites excluding steroid dienone is 3. The first-order valence-electron chi connectivity index (χ1n) is 10.2. The number of carbonyl (C=O) groups is 1. The second kappa shape index (κ2) is 9.80. The molecule has 2 rings (SSSR count). The Hall–Kier alpha value is -2.81. The molecule has 1 N–H and O–H groups in total. The van der Waals surface area contributed by atoms with E-state index in [0.29, 0.717) is 34.7 Å². The number of nitrogens with zero attached hydrogens (tertiary/aromatic N) is 1. The van der Waals surface area contributed by atoms with E-state index in [-0.39, 0.29) is 12.0 Å². The van der Waals surface area contributed by atoms with Gasteiger partial charge in [0.1, 0.15) is 11.6 Å². The molecule has 6 heteroatoms. The predicted octanol–water partition coefficient (Wildman–Crippen LogP) is 5.71. The van der Waals surface area contributed by atoms with E-state index in [2.05, 4.69) is 30.9 Å². The second-order valence-corrected chi connectivity index (χ2v) is 8.66. The number of methoxy groups -OCH3 is 1. The highest BCUT2D eigenvalue weighted by Gasteiger charge is 2.37. The third-order valence-electron chi connectivity index (χ3n) is 5.04. The van der Waals surface area contributed by atoms with Crippen molar-refractivity contribution < 1.29 is 18.7 Å². The largest absolute Gasteiger partial charge is 0.496 e. The normalized spacial score (nSPS) is 16.8. The minimum atomic E-state index is -0.678. The summed E-state index contributed by atoms with van der Waals surface area (Å²) in [4.78, 5) is 16.9. The van der Waals surface area contributed by atoms with Gasteiger partial charge < -0.3 is 14.8 Å². The predicted molar refractivity (Wildman–Crippen MR) is 115 cm³/mol. The molecule has 1 aliphatic rings. The Balaban J connectivity index is 2.58. The molecule has 0 fully saturated rings. The van der Waals surface area contributed by atoms with E-state index < -0.39 is 17.7 Å². The molecule has 0 amide bonds. The van der Waals surface area contributed by atoms with Crippen LogP contribution in [-0.4, -0.2) is 19.7 Å². The van der Waals surface area contributed by atoms with Gasteiger partial charge in [0.15, 0.2) is 5.70 Å². The molecular formula is C24H31FN2O3. The Morgan fingerprint density at radius 1 is 1.33 bits per heavy atom. The molecule has 1 aromatic carbocycles. The lowest BCUT2D eigenvalue weighted by Gasteiger charge is -2.30. The number of hydrogen-bond donors (Lipinski definition) is 1. The zero-order valence-corrected chi connectivity index (χ0v) is 18.7. The third kappa shape index (κ3) is 5.41. The van der Waals surface area contributed by atoms with E-state index in [9.17, 15) is 9.18 Å². The molecule has 1 aromatic rings. The molecule has 0 saturated heterocycles. The number of rotatable bonds is 7. The van der Waals surface area contributed by atoms with E-state index in [1.165, 1.54) is 19.2 Å². The number of hydrogen-bond acceptors (Lipinski definition) is 4. The zero-order valence-electron chi connectivity index (χ0n) is 18.7. The summed E-state index contributed by atoms with van der Waals surface area (Å²) >= 11 is 0. The van der Waals surface area contributed by atoms with Crippen LogP contribution in [0.5, 0.6) is 5.75 Å². The molecule has 0 aliphatic carbocycles. The van der Waals surface area contributed by atoms with Crippen LogP contribution in [0.3, 0.4) is 0 Å². The van der Waals surface area contributed by atoms with Gasteiger partial charge in [0, 0.05) is 17.5 Å². The zero-order chi connectivity index (χ0) is 22.5. The van der Waals surface area contributed by atoms with E-state index >= 15 is 0 Å². The molecule has 162 valence electrons. The highest BCUT2D eigenvalue weighted by Crippen LogP contribution is 2.43. The Bertz CT molecular complexity index is 904. The highest BCUT2D eigenvalue weighted by atomic mass is 19.1. The van der Waals surface area contributed by atoms with Gasteiger partial charge in [0.25, 0.3) is 0 Å². The van der Waals surface area contributed by atoms with Gasteiger partial charge in [-0.25, -0.2) is 14.0 Å². The summed E-state index contributed by atoms with van der Waals surface area (Å²) in [7, 11) is 1.45. The van der Waals surface area contributed by atoms with Gasteiger partial charge in [-0.15, -0.1) is 0 Å². The van der Waals surface area contributed by atoms with Crippen LogP contribution in [0, 0.1) is 17.8 Å². The molecule has 0 saturated carbocycles. The van der Waals surface area contributed by atoms with Crippen LogP contribution in [0.1, 0.15) is 65.4 Å². The third-order valence-corrected chi connectivity index (χ3v) is 5.04. The quantitative estimate of drug-likeness (QED) is 0.459. The van der Waals surface area contributed by atoms with Gasteiger partial charge in [-0.05, 0) is 36.8 Å². The molecule has 1 heterocycles. The van der Waals surface area contributed by atoms with Crippen LogP contribution in [-0.2, 0) is 9.53 Å². The number of esters is 1. The summed E-state index contributed by atoms with van der Waals surface area (Å²) in [5.41, 5.74) is 2.79. The molecule has 0 spiro atoms. The molecule has 1 aliphatic heterocycles. The first-order valence-corrected chi connectivity index (χ1v) is 10.2. The smallest absolute Gasteiger partial charge is 0.335 e. The van der Waals surface area contributed by atoms with Gasteiger partial charge >= 0.3 is 5.97 Å². The van der Waals surface area contributed by atoms with Gasteiger partial charge in [-0.1, -0.05) is 40.2 Å². The Labute approximate surface area is 178 Å². The fourth-order valence-corrected chi connectivity index (χ4v) is 3.48. The number of ether oxygens (including phenoxy) is 2. The summed E-state index contributed by atoms with van der Waals surface area (Å²) in [5, 5.41) is 3.23. The molecular weight excluding hydrogens is 383 g/mol. The van der Waals surface area contributed by atoms with Gasteiger partial charge in [-0.2, -0.15) is 0 Å². The SMILES string of the molecule is [C-]#[N+]C1=C(C)NC(CCC)=C(C(=O)OCCC(C)(C)C)C1c1ccc(F)cc1OC. The van der Waals surface area contributed by atoms with Crippen molar-refractivity contribution in [3.63, 3.8) is 0 Å². The van der Waals surface area contributed by atoms with Crippen molar-refractivity contribution in [2.45, 2.75) is 59.8 Å². The van der Waals surface area contributed by atoms with Crippen molar-refractivity contribution in [3.05, 3.63) is 63.7 Å². The number of halogens is 1. The van der Waals surface area contributed by atoms with Crippen molar-refractivity contribution in [1.82, 2.24) is 5.32 Å². The van der Waals surface area contributed by atoms with Crippen LogP contribution in [0.4, 0.5) is 4.39 Å². The van der Waals surface area contributed by atoms with Crippen molar-refractivity contribution in [2.24, 2.45) is 5.41 Å². The van der Waals surface area contributed by atoms with Crippen molar-refractivity contribution in [1.29, 1.82) is 0 Å². The van der Waals surface area contributed by atoms with Crippen LogP contribution >= 0.6 is 0 Å². The van der Waals surface area contributed by atoms with Gasteiger partial charge in [0.2, 0.25) is 0 Å². The lowest BCUT2D eigenvalue weighted by molar-refractivity contribution is -0.140. The van der Waals surface area contributed by atoms with Crippen molar-refractivity contribution in [3.8, 4) is 5.75 Å². The van der Waals surface area contributed by atoms with Crippen LogP contribution in [0.25, 0.3) is 4.85 Å². The summed E-state index contributed by atoms with van der Waals surface area (Å²) in [6.07, 6.45) is 2.17. The first kappa shape index (κ1) is 23.5. The second-order valence-electron chi connectivity index (χ2n) is 8.66. The molecule has 1 unspecified atom stereocenters. The Kier molecular flexibility index (Phi) is 7.66. The minimum absolute atomic E-state index is 0.0312. The van der Waals surface area contributed by atoms with E-state index in [0.717, 1.165) is 18.5 Å². The molecule has 0 aromatic heterocycles. The van der Waals surface area contributed by atoms with Crippen molar-refractivity contribution >= 4 is 5.97 Å². The maximum absolute atomic E-state index is 13.8. The Morgan fingerprint density at radius 2 is 2.03 bits per heavy atom. The maximum Gasteiger partial charge on any atom is 0.335 e. The topological polar surface area (TPSA) is 51.9 Å². The van der Waals surface area contributed by atoms with Crippen LogP contribution in [0.2, 0.25) is 0 Å².